The molecule has 1 aromatic heterocycles. The molecule has 0 saturated heterocycles. The van der Waals surface area contributed by atoms with E-state index < -0.39 is 12.1 Å². The van der Waals surface area contributed by atoms with Gasteiger partial charge in [-0.2, -0.15) is 0 Å². The third-order valence-electron chi connectivity index (χ3n) is 7.22. The Balaban J connectivity index is 1.29. The standard InChI is InChI=1S/C29H26N4O3/c1-17(27(34)30-16-18-9-3-2-4-10-18)31-28(35)24-15-22-19-11-7-8-14-23(19)32-25(22)26-20-12-5-6-13-21(20)29(36)33(24)26/h2-14,17,24,26,32H,15-16H2,1H3,(H,30,34)(H,31,35)/t17-,24-,26-/m0/s1. The molecule has 3 N–H and O–H groups in total. The topological polar surface area (TPSA) is 94.3 Å². The SMILES string of the molecule is C[C@H](NC(=O)[C@@H]1Cc2c([nH]c3ccccc23)[C@@H]2c3ccccc3C(=O)N21)C(=O)NCc1ccccc1. The number of nitrogens with one attached hydrogen (secondary N) is 3. The van der Waals surface area contributed by atoms with E-state index in [4.69, 9.17) is 0 Å². The number of carbonyl (C=O) groups is 3. The Morgan fingerprint density at radius 1 is 1.00 bits per heavy atom. The van der Waals surface area contributed by atoms with E-state index >= 15 is 0 Å². The van der Waals surface area contributed by atoms with Crippen LogP contribution in [0, 0.1) is 0 Å². The number of carbonyl (C=O) groups excluding carboxylic acids is 3. The molecule has 2 aliphatic rings. The number of H-pyrrole nitrogens is 1. The van der Waals surface area contributed by atoms with Crippen molar-refractivity contribution in [3.05, 3.63) is 107 Å². The highest BCUT2D eigenvalue weighted by atomic mass is 16.2. The molecule has 0 aliphatic carbocycles. The molecule has 0 unspecified atom stereocenters. The van der Waals surface area contributed by atoms with Crippen molar-refractivity contribution >= 4 is 28.6 Å². The van der Waals surface area contributed by atoms with Gasteiger partial charge in [0.15, 0.2) is 0 Å². The van der Waals surface area contributed by atoms with Crippen molar-refractivity contribution in [1.29, 1.82) is 0 Å². The van der Waals surface area contributed by atoms with Crippen LogP contribution >= 0.6 is 0 Å². The number of aromatic nitrogens is 1. The lowest BCUT2D eigenvalue weighted by Gasteiger charge is -2.37. The normalized spacial score (nSPS) is 18.8. The Kier molecular flexibility index (Phi) is 5.33. The third kappa shape index (κ3) is 3.55. The number of amides is 3. The maximum Gasteiger partial charge on any atom is 0.255 e. The summed E-state index contributed by atoms with van der Waals surface area (Å²) >= 11 is 0. The fourth-order valence-electron chi connectivity index (χ4n) is 5.45. The second-order valence-electron chi connectivity index (χ2n) is 9.42. The largest absolute Gasteiger partial charge is 0.356 e. The highest BCUT2D eigenvalue weighted by Gasteiger charge is 2.49. The van der Waals surface area contributed by atoms with Crippen molar-refractivity contribution in [3.8, 4) is 0 Å². The molecular formula is C29H26N4O3. The fourth-order valence-corrected chi connectivity index (χ4v) is 5.45. The van der Waals surface area contributed by atoms with E-state index in [9.17, 15) is 14.4 Å². The van der Waals surface area contributed by atoms with E-state index in [-0.39, 0.29) is 23.8 Å². The third-order valence-corrected chi connectivity index (χ3v) is 7.22. The van der Waals surface area contributed by atoms with Crippen LogP contribution in [0.4, 0.5) is 0 Å². The summed E-state index contributed by atoms with van der Waals surface area (Å²) in [5.74, 6) is -0.774. The van der Waals surface area contributed by atoms with Crippen LogP contribution in [0.1, 0.15) is 45.7 Å². The summed E-state index contributed by atoms with van der Waals surface area (Å²) < 4.78 is 0. The van der Waals surface area contributed by atoms with Gasteiger partial charge in [-0.05, 0) is 35.7 Å². The van der Waals surface area contributed by atoms with Crippen molar-refractivity contribution in [2.45, 2.75) is 38.0 Å². The molecule has 0 bridgehead atoms. The molecule has 7 heteroatoms. The summed E-state index contributed by atoms with van der Waals surface area (Å²) in [6, 6.07) is 23.3. The van der Waals surface area contributed by atoms with Crippen LogP contribution in [-0.4, -0.2) is 39.7 Å². The van der Waals surface area contributed by atoms with E-state index in [1.165, 1.54) is 0 Å². The van der Waals surface area contributed by atoms with E-state index in [2.05, 4.69) is 15.6 Å². The summed E-state index contributed by atoms with van der Waals surface area (Å²) in [7, 11) is 0. The van der Waals surface area contributed by atoms with Crippen LogP contribution in [0.25, 0.3) is 10.9 Å². The first-order chi connectivity index (χ1) is 17.5. The summed E-state index contributed by atoms with van der Waals surface area (Å²) in [4.78, 5) is 45.0. The molecule has 3 amide bonds. The van der Waals surface area contributed by atoms with Gasteiger partial charge >= 0.3 is 0 Å². The van der Waals surface area contributed by atoms with Crippen LogP contribution in [0.5, 0.6) is 0 Å². The molecule has 0 radical (unpaired) electrons. The first kappa shape index (κ1) is 22.1. The van der Waals surface area contributed by atoms with Gasteiger partial charge in [-0.3, -0.25) is 14.4 Å². The molecule has 0 spiro atoms. The van der Waals surface area contributed by atoms with Crippen LogP contribution in [0.3, 0.4) is 0 Å². The molecule has 4 aromatic rings. The quantitative estimate of drug-likeness (QED) is 0.410. The minimum absolute atomic E-state index is 0.166. The summed E-state index contributed by atoms with van der Waals surface area (Å²) in [6.07, 6.45) is 0.375. The molecule has 3 heterocycles. The average molecular weight is 479 g/mol. The maximum absolute atomic E-state index is 13.6. The lowest BCUT2D eigenvalue weighted by molar-refractivity contribution is -0.131. The van der Waals surface area contributed by atoms with Crippen LogP contribution in [-0.2, 0) is 22.6 Å². The van der Waals surface area contributed by atoms with Gasteiger partial charge < -0.3 is 20.5 Å². The summed E-state index contributed by atoms with van der Waals surface area (Å²) in [5.41, 5.74) is 5.45. The number of fused-ring (bicyclic) bond motifs is 7. The van der Waals surface area contributed by atoms with Gasteiger partial charge in [-0.1, -0.05) is 66.7 Å². The predicted octanol–water partition coefficient (Wildman–Crippen LogP) is 3.46. The molecule has 7 nitrogen and oxygen atoms in total. The number of hydrogen-bond acceptors (Lipinski definition) is 3. The van der Waals surface area contributed by atoms with Crippen LogP contribution in [0.2, 0.25) is 0 Å². The molecule has 3 atom stereocenters. The number of aromatic amines is 1. The average Bonchev–Trinajstić information content (AvgIpc) is 3.43. The van der Waals surface area contributed by atoms with Gasteiger partial charge in [0.2, 0.25) is 11.8 Å². The molecule has 0 fully saturated rings. The molecule has 0 saturated carbocycles. The van der Waals surface area contributed by atoms with Gasteiger partial charge in [-0.25, -0.2) is 0 Å². The summed E-state index contributed by atoms with van der Waals surface area (Å²) in [5, 5.41) is 6.79. The van der Waals surface area contributed by atoms with Crippen molar-refractivity contribution < 1.29 is 14.4 Å². The Hall–Kier alpha value is -4.39. The smallest absolute Gasteiger partial charge is 0.255 e. The Labute approximate surface area is 208 Å². The molecule has 3 aromatic carbocycles. The minimum atomic E-state index is -0.746. The number of benzene rings is 3. The monoisotopic (exact) mass is 478 g/mol. The zero-order chi connectivity index (χ0) is 24.8. The first-order valence-electron chi connectivity index (χ1n) is 12.2. The molecule has 36 heavy (non-hydrogen) atoms. The Bertz CT molecular complexity index is 1490. The van der Waals surface area contributed by atoms with E-state index in [0.29, 0.717) is 18.5 Å². The van der Waals surface area contributed by atoms with E-state index in [0.717, 1.165) is 33.3 Å². The molecule has 180 valence electrons. The highest BCUT2D eigenvalue weighted by Crippen LogP contribution is 2.46. The predicted molar refractivity (Wildman–Crippen MR) is 136 cm³/mol. The molecule has 6 rings (SSSR count). The molecule has 2 aliphatic heterocycles. The second kappa shape index (κ2) is 8.68. The van der Waals surface area contributed by atoms with Gasteiger partial charge in [0, 0.05) is 35.1 Å². The highest BCUT2D eigenvalue weighted by molar-refractivity contribution is 6.04. The fraction of sp³-hybridized carbons (Fsp3) is 0.207. The maximum atomic E-state index is 13.6. The lowest BCUT2D eigenvalue weighted by atomic mass is 9.90. The van der Waals surface area contributed by atoms with Crippen molar-refractivity contribution in [2.24, 2.45) is 0 Å². The van der Waals surface area contributed by atoms with Crippen molar-refractivity contribution in [3.63, 3.8) is 0 Å². The van der Waals surface area contributed by atoms with Crippen LogP contribution in [0.15, 0.2) is 78.9 Å². The second-order valence-corrected chi connectivity index (χ2v) is 9.42. The zero-order valence-electron chi connectivity index (χ0n) is 19.8. The Morgan fingerprint density at radius 2 is 1.72 bits per heavy atom. The van der Waals surface area contributed by atoms with Crippen molar-refractivity contribution in [1.82, 2.24) is 20.5 Å². The Morgan fingerprint density at radius 3 is 2.56 bits per heavy atom. The zero-order valence-corrected chi connectivity index (χ0v) is 19.8. The van der Waals surface area contributed by atoms with Crippen molar-refractivity contribution in [2.75, 3.05) is 0 Å². The lowest BCUT2D eigenvalue weighted by Crippen LogP contribution is -2.55. The van der Waals surface area contributed by atoms with Gasteiger partial charge in [0.1, 0.15) is 12.1 Å². The first-order valence-corrected chi connectivity index (χ1v) is 12.2. The number of para-hydroxylation sites is 1. The van der Waals surface area contributed by atoms with Crippen LogP contribution < -0.4 is 10.6 Å². The van der Waals surface area contributed by atoms with Gasteiger partial charge in [0.25, 0.3) is 5.91 Å². The summed E-state index contributed by atoms with van der Waals surface area (Å²) in [6.45, 7) is 2.04. The number of nitrogens with zero attached hydrogens (tertiary/aromatic N) is 1. The minimum Gasteiger partial charge on any atom is -0.356 e. The molecular weight excluding hydrogens is 452 g/mol. The van der Waals surface area contributed by atoms with Gasteiger partial charge in [0.05, 0.1) is 6.04 Å². The number of rotatable bonds is 5. The number of hydrogen-bond donors (Lipinski definition) is 3. The van der Waals surface area contributed by atoms with Gasteiger partial charge in [-0.15, -0.1) is 0 Å². The van der Waals surface area contributed by atoms with E-state index in [1.54, 1.807) is 11.8 Å². The van der Waals surface area contributed by atoms with E-state index in [1.807, 2.05) is 78.9 Å².